The Morgan fingerprint density at radius 2 is 1.96 bits per heavy atom. The molecule has 0 atom stereocenters. The van der Waals surface area contributed by atoms with Crippen molar-refractivity contribution in [3.05, 3.63) is 52.9 Å². The molecular formula is C20H26N4O2. The summed E-state index contributed by atoms with van der Waals surface area (Å²) in [5.74, 6) is -0.449. The molecule has 2 rings (SSSR count). The summed E-state index contributed by atoms with van der Waals surface area (Å²) in [6, 6.07) is 7.67. The van der Waals surface area contributed by atoms with E-state index in [1.54, 1.807) is 17.8 Å². The second kappa shape index (κ2) is 8.47. The van der Waals surface area contributed by atoms with Gasteiger partial charge in [-0.2, -0.15) is 5.10 Å². The summed E-state index contributed by atoms with van der Waals surface area (Å²) in [5, 5.41) is 7.19. The molecule has 2 aromatic rings. The van der Waals surface area contributed by atoms with Crippen molar-refractivity contribution in [1.82, 2.24) is 14.7 Å². The van der Waals surface area contributed by atoms with Gasteiger partial charge in [-0.25, -0.2) is 0 Å². The van der Waals surface area contributed by atoms with E-state index in [1.807, 2.05) is 52.1 Å². The highest BCUT2D eigenvalue weighted by Gasteiger charge is 2.13. The number of nitrogens with one attached hydrogen (secondary N) is 1. The maximum absolute atomic E-state index is 12.3. The first-order chi connectivity index (χ1) is 12.3. The predicted octanol–water partition coefficient (Wildman–Crippen LogP) is 2.71. The minimum Gasteiger partial charge on any atom is -0.333 e. The first kappa shape index (κ1) is 19.4. The summed E-state index contributed by atoms with van der Waals surface area (Å²) in [6.07, 6.45) is 4.06. The first-order valence-corrected chi connectivity index (χ1v) is 8.64. The summed E-state index contributed by atoms with van der Waals surface area (Å²) in [7, 11) is 3.48. The van der Waals surface area contributed by atoms with Gasteiger partial charge < -0.3 is 10.2 Å². The molecule has 0 saturated heterocycles. The lowest BCUT2D eigenvalue weighted by molar-refractivity contribution is -0.129. The third kappa shape index (κ3) is 4.59. The van der Waals surface area contributed by atoms with Crippen molar-refractivity contribution >= 4 is 23.6 Å². The molecule has 1 aromatic carbocycles. The van der Waals surface area contributed by atoms with E-state index in [2.05, 4.69) is 10.4 Å². The van der Waals surface area contributed by atoms with E-state index >= 15 is 0 Å². The quantitative estimate of drug-likeness (QED) is 0.811. The molecule has 1 N–H and O–H groups in total. The van der Waals surface area contributed by atoms with Crippen molar-refractivity contribution in [2.45, 2.75) is 27.2 Å². The Balaban J connectivity index is 1.98. The number of anilines is 1. The van der Waals surface area contributed by atoms with Gasteiger partial charge in [0.2, 0.25) is 11.8 Å². The number of aromatic nitrogens is 2. The minimum atomic E-state index is -0.230. The van der Waals surface area contributed by atoms with Crippen LogP contribution in [0.5, 0.6) is 0 Å². The zero-order chi connectivity index (χ0) is 19.3. The Bertz CT molecular complexity index is 836. The van der Waals surface area contributed by atoms with Crippen LogP contribution in [0.4, 0.5) is 5.69 Å². The average molecular weight is 354 g/mol. The van der Waals surface area contributed by atoms with Crippen molar-refractivity contribution in [2.75, 3.05) is 18.9 Å². The molecule has 0 aliphatic rings. The zero-order valence-electron chi connectivity index (χ0n) is 16.0. The molecule has 1 aromatic heterocycles. The van der Waals surface area contributed by atoms with Crippen molar-refractivity contribution < 1.29 is 9.59 Å². The molecule has 0 radical (unpaired) electrons. The Hall–Kier alpha value is -2.89. The lowest BCUT2D eigenvalue weighted by Crippen LogP contribution is -2.34. The molecule has 0 spiro atoms. The predicted molar refractivity (Wildman–Crippen MR) is 104 cm³/mol. The third-order valence-electron chi connectivity index (χ3n) is 4.39. The lowest BCUT2D eigenvalue weighted by Gasteiger charge is -2.16. The van der Waals surface area contributed by atoms with Gasteiger partial charge in [-0.05, 0) is 38.0 Å². The maximum atomic E-state index is 12.3. The molecule has 138 valence electrons. The van der Waals surface area contributed by atoms with Gasteiger partial charge in [0.25, 0.3) is 0 Å². The van der Waals surface area contributed by atoms with E-state index in [9.17, 15) is 9.59 Å². The molecule has 0 bridgehead atoms. The smallest absolute Gasteiger partial charge is 0.246 e. The molecule has 26 heavy (non-hydrogen) atoms. The van der Waals surface area contributed by atoms with Crippen molar-refractivity contribution in [3.8, 4) is 0 Å². The van der Waals surface area contributed by atoms with Crippen LogP contribution in [0, 0.1) is 13.8 Å². The highest BCUT2D eigenvalue weighted by atomic mass is 16.2. The van der Waals surface area contributed by atoms with Gasteiger partial charge >= 0.3 is 0 Å². The molecule has 0 saturated carbocycles. The van der Waals surface area contributed by atoms with Gasteiger partial charge in [-0.3, -0.25) is 14.3 Å². The second-order valence-electron chi connectivity index (χ2n) is 6.29. The fourth-order valence-electron chi connectivity index (χ4n) is 2.75. The number of hydrogen-bond donors (Lipinski definition) is 1. The fourth-order valence-corrected chi connectivity index (χ4v) is 2.75. The molecular weight excluding hydrogens is 328 g/mol. The highest BCUT2D eigenvalue weighted by Crippen LogP contribution is 2.16. The van der Waals surface area contributed by atoms with Gasteiger partial charge in [-0.1, -0.05) is 25.1 Å². The molecule has 6 nitrogen and oxygen atoms in total. The normalized spacial score (nSPS) is 11.0. The summed E-state index contributed by atoms with van der Waals surface area (Å²) in [6.45, 7) is 5.88. The zero-order valence-corrected chi connectivity index (χ0v) is 16.0. The van der Waals surface area contributed by atoms with Crippen LogP contribution in [0.15, 0.2) is 30.3 Å². The Kier molecular flexibility index (Phi) is 6.33. The van der Waals surface area contributed by atoms with Crippen LogP contribution < -0.4 is 5.32 Å². The molecule has 0 aliphatic heterocycles. The number of amides is 2. The van der Waals surface area contributed by atoms with E-state index in [0.29, 0.717) is 0 Å². The Labute approximate surface area is 154 Å². The number of hydrogen-bond acceptors (Lipinski definition) is 3. The number of carbonyl (C=O) groups excluding carboxylic acids is 2. The van der Waals surface area contributed by atoms with E-state index in [0.717, 1.165) is 34.6 Å². The van der Waals surface area contributed by atoms with E-state index in [4.69, 9.17) is 0 Å². The van der Waals surface area contributed by atoms with Crippen LogP contribution in [-0.2, 0) is 23.1 Å². The molecule has 2 amide bonds. The Morgan fingerprint density at radius 1 is 1.27 bits per heavy atom. The number of rotatable bonds is 6. The summed E-state index contributed by atoms with van der Waals surface area (Å²) >= 11 is 0. The fraction of sp³-hybridized carbons (Fsp3) is 0.350. The van der Waals surface area contributed by atoms with Crippen LogP contribution in [0.25, 0.3) is 6.08 Å². The van der Waals surface area contributed by atoms with E-state index < -0.39 is 0 Å². The summed E-state index contributed by atoms with van der Waals surface area (Å²) in [5.41, 5.74) is 4.64. The molecule has 6 heteroatoms. The van der Waals surface area contributed by atoms with Crippen molar-refractivity contribution in [3.63, 3.8) is 0 Å². The summed E-state index contributed by atoms with van der Waals surface area (Å²) < 4.78 is 1.78. The van der Waals surface area contributed by atoms with Gasteiger partial charge in [0.05, 0.1) is 12.2 Å². The minimum absolute atomic E-state index is 0.00771. The highest BCUT2D eigenvalue weighted by molar-refractivity contribution is 5.98. The molecule has 0 unspecified atom stereocenters. The van der Waals surface area contributed by atoms with Crippen LogP contribution in [0.3, 0.4) is 0 Å². The monoisotopic (exact) mass is 354 g/mol. The van der Waals surface area contributed by atoms with Crippen LogP contribution in [0.1, 0.15) is 29.4 Å². The summed E-state index contributed by atoms with van der Waals surface area (Å²) in [4.78, 5) is 25.9. The molecule has 0 aliphatic carbocycles. The number of likely N-dealkylation sites (N-methyl/N-ethyl adjacent to an activating group) is 1. The topological polar surface area (TPSA) is 67.2 Å². The van der Waals surface area contributed by atoms with Gasteiger partial charge in [0, 0.05) is 37.1 Å². The molecule has 1 heterocycles. The van der Waals surface area contributed by atoms with Crippen LogP contribution in [0.2, 0.25) is 0 Å². The van der Waals surface area contributed by atoms with E-state index in [1.165, 1.54) is 11.0 Å². The number of benzene rings is 1. The number of carbonyl (C=O) groups is 2. The van der Waals surface area contributed by atoms with Crippen LogP contribution in [-0.4, -0.2) is 40.1 Å². The van der Waals surface area contributed by atoms with Gasteiger partial charge in [-0.15, -0.1) is 0 Å². The van der Waals surface area contributed by atoms with Gasteiger partial charge in [0.1, 0.15) is 0 Å². The number of para-hydroxylation sites is 1. The van der Waals surface area contributed by atoms with Crippen LogP contribution >= 0.6 is 0 Å². The largest absolute Gasteiger partial charge is 0.333 e. The Morgan fingerprint density at radius 3 is 2.58 bits per heavy atom. The second-order valence-corrected chi connectivity index (χ2v) is 6.29. The number of nitrogens with zero attached hydrogens (tertiary/aromatic N) is 3. The maximum Gasteiger partial charge on any atom is 0.246 e. The third-order valence-corrected chi connectivity index (χ3v) is 4.39. The lowest BCUT2D eigenvalue weighted by atomic mass is 10.1. The van der Waals surface area contributed by atoms with Gasteiger partial charge in [0.15, 0.2) is 0 Å². The first-order valence-electron chi connectivity index (χ1n) is 8.64. The standard InChI is InChI=1S/C20H26N4O2/c1-6-16-9-7-8-10-18(16)21-19(25)13-23(4)20(26)12-11-17-14(2)22-24(5)15(17)3/h7-12H,6,13H2,1-5H3,(H,21,25)/b12-11+. The average Bonchev–Trinajstić information content (AvgIpc) is 2.85. The number of aryl methyl sites for hydroxylation is 3. The van der Waals surface area contributed by atoms with E-state index in [-0.39, 0.29) is 18.4 Å². The SMILES string of the molecule is CCc1ccccc1NC(=O)CN(C)C(=O)/C=C/c1c(C)nn(C)c1C. The van der Waals surface area contributed by atoms with Crippen molar-refractivity contribution in [1.29, 1.82) is 0 Å². The molecule has 0 fully saturated rings. The van der Waals surface area contributed by atoms with Crippen molar-refractivity contribution in [2.24, 2.45) is 7.05 Å².